The van der Waals surface area contributed by atoms with Crippen molar-refractivity contribution in [3.05, 3.63) is 78.3 Å². The Kier molecular flexibility index (Phi) is 7.41. The molecule has 1 fully saturated rings. The SMILES string of the molecule is C=C(OC)N(C)c1cccc(COc2cccc(ONC=C3CCOCC3)c2)c1. The Balaban J connectivity index is 1.54. The van der Waals surface area contributed by atoms with E-state index in [0.29, 0.717) is 18.2 Å². The van der Waals surface area contributed by atoms with E-state index in [0.717, 1.165) is 43.1 Å². The van der Waals surface area contributed by atoms with Gasteiger partial charge in [-0.25, -0.2) is 5.48 Å². The van der Waals surface area contributed by atoms with Crippen LogP contribution >= 0.6 is 0 Å². The molecule has 0 spiro atoms. The van der Waals surface area contributed by atoms with Crippen LogP contribution in [-0.2, 0) is 16.1 Å². The summed E-state index contributed by atoms with van der Waals surface area (Å²) in [5.74, 6) is 2.01. The van der Waals surface area contributed by atoms with Gasteiger partial charge in [0.1, 0.15) is 12.4 Å². The summed E-state index contributed by atoms with van der Waals surface area (Å²) >= 11 is 0. The standard InChI is InChI=1S/C23H28N2O4/c1-18(26-3)25(2)21-7-4-6-20(14-21)17-28-22-8-5-9-23(15-22)29-24-16-19-10-12-27-13-11-19/h4-9,14-16,24H,1,10-13,17H2,2-3H3. The Hall–Kier alpha value is -3.12. The van der Waals surface area contributed by atoms with Crippen molar-refractivity contribution in [2.45, 2.75) is 19.4 Å². The first-order chi connectivity index (χ1) is 14.2. The van der Waals surface area contributed by atoms with Gasteiger partial charge in [0.15, 0.2) is 11.6 Å². The lowest BCUT2D eigenvalue weighted by Gasteiger charge is -2.20. The van der Waals surface area contributed by atoms with Crippen LogP contribution in [0.25, 0.3) is 0 Å². The second-order valence-corrected chi connectivity index (χ2v) is 6.73. The Morgan fingerprint density at radius 2 is 1.90 bits per heavy atom. The monoisotopic (exact) mass is 396 g/mol. The average molecular weight is 396 g/mol. The molecule has 1 aliphatic rings. The third kappa shape index (κ3) is 6.19. The quantitative estimate of drug-likeness (QED) is 0.501. The van der Waals surface area contributed by atoms with E-state index in [1.54, 1.807) is 7.11 Å². The number of rotatable bonds is 9. The number of methoxy groups -OCH3 is 1. The first-order valence-corrected chi connectivity index (χ1v) is 9.62. The van der Waals surface area contributed by atoms with Crippen LogP contribution in [0.2, 0.25) is 0 Å². The Morgan fingerprint density at radius 1 is 1.14 bits per heavy atom. The summed E-state index contributed by atoms with van der Waals surface area (Å²) < 4.78 is 16.5. The third-order valence-corrected chi connectivity index (χ3v) is 4.69. The zero-order valence-corrected chi connectivity index (χ0v) is 17.0. The van der Waals surface area contributed by atoms with Crippen molar-refractivity contribution in [2.24, 2.45) is 0 Å². The minimum atomic E-state index is 0.446. The highest BCUT2D eigenvalue weighted by atomic mass is 16.6. The van der Waals surface area contributed by atoms with Crippen molar-refractivity contribution in [1.29, 1.82) is 0 Å². The summed E-state index contributed by atoms with van der Waals surface area (Å²) in [6.45, 7) is 5.87. The number of ether oxygens (including phenoxy) is 3. The van der Waals surface area contributed by atoms with E-state index in [9.17, 15) is 0 Å². The van der Waals surface area contributed by atoms with Crippen molar-refractivity contribution < 1.29 is 19.0 Å². The molecule has 0 saturated carbocycles. The Morgan fingerprint density at radius 3 is 2.69 bits per heavy atom. The summed E-state index contributed by atoms with van der Waals surface area (Å²) in [6, 6.07) is 15.6. The van der Waals surface area contributed by atoms with Gasteiger partial charge in [0.2, 0.25) is 0 Å². The van der Waals surface area contributed by atoms with E-state index in [-0.39, 0.29) is 0 Å². The number of anilines is 1. The van der Waals surface area contributed by atoms with Crippen LogP contribution in [0.3, 0.4) is 0 Å². The van der Waals surface area contributed by atoms with E-state index in [4.69, 9.17) is 19.0 Å². The van der Waals surface area contributed by atoms with Gasteiger partial charge in [-0.05, 0) is 54.8 Å². The zero-order chi connectivity index (χ0) is 20.5. The van der Waals surface area contributed by atoms with Gasteiger partial charge in [-0.15, -0.1) is 0 Å². The normalized spacial score (nSPS) is 13.4. The van der Waals surface area contributed by atoms with Crippen LogP contribution in [0.15, 0.2) is 72.8 Å². The van der Waals surface area contributed by atoms with Crippen molar-refractivity contribution in [3.8, 4) is 11.5 Å². The fraction of sp³-hybridized carbons (Fsp3) is 0.304. The molecule has 0 unspecified atom stereocenters. The van der Waals surface area contributed by atoms with E-state index in [2.05, 4.69) is 12.1 Å². The van der Waals surface area contributed by atoms with Crippen LogP contribution in [-0.4, -0.2) is 27.4 Å². The number of hydrogen-bond donors (Lipinski definition) is 1. The molecule has 1 saturated heterocycles. The van der Waals surface area contributed by atoms with Crippen molar-refractivity contribution in [3.63, 3.8) is 0 Å². The lowest BCUT2D eigenvalue weighted by molar-refractivity contribution is 0.117. The zero-order valence-electron chi connectivity index (χ0n) is 17.0. The molecule has 1 heterocycles. The summed E-state index contributed by atoms with van der Waals surface area (Å²) in [7, 11) is 3.52. The predicted molar refractivity (Wildman–Crippen MR) is 114 cm³/mol. The maximum absolute atomic E-state index is 5.94. The molecule has 3 rings (SSSR count). The number of nitrogens with zero attached hydrogens (tertiary/aromatic N) is 1. The highest BCUT2D eigenvalue weighted by Gasteiger charge is 2.07. The molecule has 6 nitrogen and oxygen atoms in total. The van der Waals surface area contributed by atoms with E-state index >= 15 is 0 Å². The van der Waals surface area contributed by atoms with Crippen molar-refractivity contribution in [2.75, 3.05) is 32.3 Å². The largest absolute Gasteiger partial charge is 0.489 e. The molecule has 1 N–H and O–H groups in total. The minimum absolute atomic E-state index is 0.446. The molecule has 0 amide bonds. The minimum Gasteiger partial charge on any atom is -0.489 e. The fourth-order valence-corrected chi connectivity index (χ4v) is 2.89. The molecule has 0 radical (unpaired) electrons. The number of hydrogen-bond acceptors (Lipinski definition) is 6. The summed E-state index contributed by atoms with van der Waals surface area (Å²) in [4.78, 5) is 7.50. The third-order valence-electron chi connectivity index (χ3n) is 4.69. The van der Waals surface area contributed by atoms with Gasteiger partial charge in [-0.2, -0.15) is 0 Å². The van der Waals surface area contributed by atoms with Gasteiger partial charge in [-0.1, -0.05) is 18.2 Å². The molecule has 0 atom stereocenters. The second kappa shape index (κ2) is 10.4. The molecule has 0 aromatic heterocycles. The highest BCUT2D eigenvalue weighted by molar-refractivity contribution is 5.51. The lowest BCUT2D eigenvalue weighted by atomic mass is 10.1. The van der Waals surface area contributed by atoms with Crippen LogP contribution < -0.4 is 20.0 Å². The maximum Gasteiger partial charge on any atom is 0.185 e. The van der Waals surface area contributed by atoms with E-state index in [1.807, 2.05) is 66.7 Å². The molecule has 2 aromatic carbocycles. The lowest BCUT2D eigenvalue weighted by Crippen LogP contribution is -2.16. The van der Waals surface area contributed by atoms with Crippen molar-refractivity contribution >= 4 is 5.69 Å². The molecular weight excluding hydrogens is 368 g/mol. The topological polar surface area (TPSA) is 52.2 Å². The molecule has 29 heavy (non-hydrogen) atoms. The molecular formula is C23H28N2O4. The molecule has 154 valence electrons. The smallest absolute Gasteiger partial charge is 0.185 e. The first kappa shape index (κ1) is 20.6. The van der Waals surface area contributed by atoms with Gasteiger partial charge >= 0.3 is 0 Å². The van der Waals surface area contributed by atoms with Gasteiger partial charge in [0, 0.05) is 25.0 Å². The molecule has 2 aromatic rings. The molecule has 0 bridgehead atoms. The molecule has 1 aliphatic heterocycles. The maximum atomic E-state index is 5.94. The summed E-state index contributed by atoms with van der Waals surface area (Å²) in [6.07, 6.45) is 3.78. The summed E-state index contributed by atoms with van der Waals surface area (Å²) in [5.41, 5.74) is 6.24. The molecule has 6 heteroatoms. The number of benzene rings is 2. The molecule has 0 aliphatic carbocycles. The van der Waals surface area contributed by atoms with Gasteiger partial charge in [-0.3, -0.25) is 0 Å². The van der Waals surface area contributed by atoms with Crippen molar-refractivity contribution in [1.82, 2.24) is 5.48 Å². The van der Waals surface area contributed by atoms with E-state index < -0.39 is 0 Å². The second-order valence-electron chi connectivity index (χ2n) is 6.73. The van der Waals surface area contributed by atoms with Crippen LogP contribution in [0.4, 0.5) is 5.69 Å². The number of nitrogens with one attached hydrogen (secondary N) is 1. The Labute approximate surface area is 172 Å². The first-order valence-electron chi connectivity index (χ1n) is 9.62. The highest BCUT2D eigenvalue weighted by Crippen LogP contribution is 2.22. The van der Waals surface area contributed by atoms with Gasteiger partial charge in [0.25, 0.3) is 0 Å². The van der Waals surface area contributed by atoms with Crippen LogP contribution in [0, 0.1) is 0 Å². The number of hydroxylamine groups is 1. The predicted octanol–water partition coefficient (Wildman–Crippen LogP) is 4.40. The van der Waals surface area contributed by atoms with E-state index in [1.165, 1.54) is 5.57 Å². The fourth-order valence-electron chi connectivity index (χ4n) is 2.89. The van der Waals surface area contributed by atoms with Crippen LogP contribution in [0.1, 0.15) is 18.4 Å². The average Bonchev–Trinajstić information content (AvgIpc) is 2.78. The summed E-state index contributed by atoms with van der Waals surface area (Å²) in [5, 5.41) is 0. The van der Waals surface area contributed by atoms with Gasteiger partial charge in [0.05, 0.1) is 20.3 Å². The Bertz CT molecular complexity index is 842. The van der Waals surface area contributed by atoms with Gasteiger partial charge < -0.3 is 23.9 Å². The van der Waals surface area contributed by atoms with Crippen LogP contribution in [0.5, 0.6) is 11.5 Å².